The summed E-state index contributed by atoms with van der Waals surface area (Å²) in [6.07, 6.45) is 0.772. The molecule has 0 radical (unpaired) electrons. The van der Waals surface area contributed by atoms with Gasteiger partial charge in [0.15, 0.2) is 12.4 Å². The Labute approximate surface area is 94.2 Å². The van der Waals surface area contributed by atoms with E-state index in [0.29, 0.717) is 18.3 Å². The normalized spacial score (nSPS) is 10.4. The summed E-state index contributed by atoms with van der Waals surface area (Å²) in [5, 5.41) is 3.79. The average Bonchev–Trinajstić information content (AvgIpc) is 2.76. The van der Waals surface area contributed by atoms with Crippen LogP contribution in [0, 0.1) is 6.92 Å². The molecule has 0 amide bonds. The molecule has 0 saturated carbocycles. The molecule has 0 saturated heterocycles. The van der Waals surface area contributed by atoms with Crippen molar-refractivity contribution < 1.29 is 9.26 Å². The fourth-order valence-electron chi connectivity index (χ4n) is 1.27. The third-order valence-electron chi connectivity index (χ3n) is 2.21. The minimum absolute atomic E-state index is 0.316. The molecule has 1 aromatic heterocycles. The van der Waals surface area contributed by atoms with E-state index in [1.54, 1.807) is 0 Å². The van der Waals surface area contributed by atoms with Gasteiger partial charge in [-0.05, 0) is 19.1 Å². The van der Waals surface area contributed by atoms with Gasteiger partial charge in [-0.15, -0.1) is 0 Å². The van der Waals surface area contributed by atoms with Gasteiger partial charge in [0.1, 0.15) is 5.75 Å². The van der Waals surface area contributed by atoms with Gasteiger partial charge in [-0.3, -0.25) is 0 Å². The Morgan fingerprint density at radius 2 is 2.00 bits per heavy atom. The van der Waals surface area contributed by atoms with Crippen molar-refractivity contribution in [2.45, 2.75) is 26.9 Å². The minimum atomic E-state index is 0.316. The van der Waals surface area contributed by atoms with Crippen LogP contribution >= 0.6 is 0 Å². The van der Waals surface area contributed by atoms with E-state index in [-0.39, 0.29) is 0 Å². The van der Waals surface area contributed by atoms with Gasteiger partial charge in [0.2, 0.25) is 0 Å². The standard InChI is InChI=1S/C12H14N2O2/c1-3-11-13-12(16-14-11)8-15-10-6-4-9(2)5-7-10/h4-7H,3,8H2,1-2H3. The van der Waals surface area contributed by atoms with E-state index >= 15 is 0 Å². The van der Waals surface area contributed by atoms with Crippen LogP contribution in [0.15, 0.2) is 28.8 Å². The first-order valence-electron chi connectivity index (χ1n) is 5.29. The Morgan fingerprint density at radius 1 is 1.25 bits per heavy atom. The second kappa shape index (κ2) is 4.79. The molecule has 0 unspecified atom stereocenters. The molecule has 1 heterocycles. The molecule has 4 heteroatoms. The van der Waals surface area contributed by atoms with Crippen LogP contribution in [-0.4, -0.2) is 10.1 Å². The zero-order valence-electron chi connectivity index (χ0n) is 9.43. The van der Waals surface area contributed by atoms with Gasteiger partial charge >= 0.3 is 0 Å². The number of aryl methyl sites for hydroxylation is 2. The van der Waals surface area contributed by atoms with Gasteiger partial charge in [0, 0.05) is 6.42 Å². The molecule has 0 N–H and O–H groups in total. The van der Waals surface area contributed by atoms with Crippen LogP contribution in [0.5, 0.6) is 5.75 Å². The van der Waals surface area contributed by atoms with Crippen molar-refractivity contribution >= 4 is 0 Å². The zero-order valence-corrected chi connectivity index (χ0v) is 9.43. The molecule has 0 aliphatic rings. The lowest BCUT2D eigenvalue weighted by atomic mass is 10.2. The molecule has 0 spiro atoms. The monoisotopic (exact) mass is 218 g/mol. The second-order valence-electron chi connectivity index (χ2n) is 3.56. The molecular weight excluding hydrogens is 204 g/mol. The highest BCUT2D eigenvalue weighted by atomic mass is 16.5. The highest BCUT2D eigenvalue weighted by molar-refractivity contribution is 5.26. The van der Waals surface area contributed by atoms with Gasteiger partial charge in [-0.1, -0.05) is 29.8 Å². The first kappa shape index (κ1) is 10.7. The Balaban J connectivity index is 1.94. The van der Waals surface area contributed by atoms with E-state index in [1.807, 2.05) is 38.1 Å². The Kier molecular flexibility index (Phi) is 3.19. The van der Waals surface area contributed by atoms with Crippen LogP contribution in [0.1, 0.15) is 24.2 Å². The first-order chi connectivity index (χ1) is 7.78. The fraction of sp³-hybridized carbons (Fsp3) is 0.333. The maximum absolute atomic E-state index is 5.51. The molecule has 1 aromatic carbocycles. The van der Waals surface area contributed by atoms with Gasteiger partial charge in [-0.2, -0.15) is 4.98 Å². The van der Waals surface area contributed by atoms with Crippen LogP contribution < -0.4 is 4.74 Å². The first-order valence-corrected chi connectivity index (χ1v) is 5.29. The summed E-state index contributed by atoms with van der Waals surface area (Å²) in [4.78, 5) is 4.16. The summed E-state index contributed by atoms with van der Waals surface area (Å²) < 4.78 is 10.5. The molecule has 0 bridgehead atoms. The van der Waals surface area contributed by atoms with E-state index in [2.05, 4.69) is 10.1 Å². The molecule has 4 nitrogen and oxygen atoms in total. The zero-order chi connectivity index (χ0) is 11.4. The highest BCUT2D eigenvalue weighted by Crippen LogP contribution is 2.13. The molecule has 84 valence electrons. The molecule has 0 fully saturated rings. The van der Waals surface area contributed by atoms with Crippen molar-refractivity contribution in [2.75, 3.05) is 0 Å². The summed E-state index contributed by atoms with van der Waals surface area (Å²) in [6.45, 7) is 4.33. The lowest BCUT2D eigenvalue weighted by Crippen LogP contribution is -1.95. The van der Waals surface area contributed by atoms with Crippen molar-refractivity contribution in [3.05, 3.63) is 41.5 Å². The van der Waals surface area contributed by atoms with Gasteiger partial charge < -0.3 is 9.26 Å². The van der Waals surface area contributed by atoms with Crippen molar-refractivity contribution in [3.63, 3.8) is 0 Å². The number of benzene rings is 1. The number of hydrogen-bond acceptors (Lipinski definition) is 4. The third kappa shape index (κ3) is 2.59. The summed E-state index contributed by atoms with van der Waals surface area (Å²) in [6, 6.07) is 7.85. The SMILES string of the molecule is CCc1noc(COc2ccc(C)cc2)n1. The topological polar surface area (TPSA) is 48.2 Å². The Hall–Kier alpha value is -1.84. The molecule has 2 rings (SSSR count). The predicted molar refractivity (Wildman–Crippen MR) is 59.2 cm³/mol. The fourth-order valence-corrected chi connectivity index (χ4v) is 1.27. The minimum Gasteiger partial charge on any atom is -0.484 e. The summed E-state index contributed by atoms with van der Waals surface area (Å²) >= 11 is 0. The van der Waals surface area contributed by atoms with E-state index in [9.17, 15) is 0 Å². The van der Waals surface area contributed by atoms with Crippen LogP contribution in [0.3, 0.4) is 0 Å². The van der Waals surface area contributed by atoms with Crippen molar-refractivity contribution in [1.82, 2.24) is 10.1 Å². The van der Waals surface area contributed by atoms with Crippen LogP contribution in [0.2, 0.25) is 0 Å². The maximum atomic E-state index is 5.51. The molecular formula is C12H14N2O2. The molecule has 0 atom stereocenters. The van der Waals surface area contributed by atoms with Gasteiger partial charge in [0.05, 0.1) is 0 Å². The molecule has 0 aliphatic carbocycles. The van der Waals surface area contributed by atoms with E-state index in [4.69, 9.17) is 9.26 Å². The Morgan fingerprint density at radius 3 is 2.62 bits per heavy atom. The molecule has 0 aliphatic heterocycles. The summed E-state index contributed by atoms with van der Waals surface area (Å²) in [5.41, 5.74) is 1.21. The van der Waals surface area contributed by atoms with Crippen molar-refractivity contribution in [2.24, 2.45) is 0 Å². The van der Waals surface area contributed by atoms with Crippen LogP contribution in [0.25, 0.3) is 0 Å². The van der Waals surface area contributed by atoms with Crippen molar-refractivity contribution in [1.29, 1.82) is 0 Å². The summed E-state index contributed by atoms with van der Waals surface area (Å²) in [5.74, 6) is 2.03. The van der Waals surface area contributed by atoms with E-state index < -0.39 is 0 Å². The maximum Gasteiger partial charge on any atom is 0.264 e. The molecule has 16 heavy (non-hydrogen) atoms. The van der Waals surface area contributed by atoms with Crippen LogP contribution in [-0.2, 0) is 13.0 Å². The van der Waals surface area contributed by atoms with E-state index in [1.165, 1.54) is 5.56 Å². The van der Waals surface area contributed by atoms with E-state index in [0.717, 1.165) is 12.2 Å². The lowest BCUT2D eigenvalue weighted by molar-refractivity contribution is 0.242. The third-order valence-corrected chi connectivity index (χ3v) is 2.21. The number of aromatic nitrogens is 2. The number of nitrogens with zero attached hydrogens (tertiary/aromatic N) is 2. The summed E-state index contributed by atoms with van der Waals surface area (Å²) in [7, 11) is 0. The number of rotatable bonds is 4. The molecule has 2 aromatic rings. The Bertz CT molecular complexity index is 448. The quantitative estimate of drug-likeness (QED) is 0.791. The van der Waals surface area contributed by atoms with Crippen molar-refractivity contribution in [3.8, 4) is 5.75 Å². The largest absolute Gasteiger partial charge is 0.484 e. The highest BCUT2D eigenvalue weighted by Gasteiger charge is 2.04. The number of ether oxygens (including phenoxy) is 1. The predicted octanol–water partition coefficient (Wildman–Crippen LogP) is 2.52. The van der Waals surface area contributed by atoms with Crippen LogP contribution in [0.4, 0.5) is 0 Å². The van der Waals surface area contributed by atoms with Gasteiger partial charge in [-0.25, -0.2) is 0 Å². The second-order valence-corrected chi connectivity index (χ2v) is 3.56. The van der Waals surface area contributed by atoms with Gasteiger partial charge in [0.25, 0.3) is 5.89 Å². The smallest absolute Gasteiger partial charge is 0.264 e. The average molecular weight is 218 g/mol. The number of hydrogen-bond donors (Lipinski definition) is 0. The lowest BCUT2D eigenvalue weighted by Gasteiger charge is -2.02.